The predicted octanol–water partition coefficient (Wildman–Crippen LogP) is 4.49. The number of piperidine rings is 1. The molecule has 4 aliphatic heterocycles. The largest absolute Gasteiger partial charge is 0.319 e. The van der Waals surface area contributed by atoms with Gasteiger partial charge >= 0.3 is 0 Å². The molecule has 6 heteroatoms. The first-order valence-corrected chi connectivity index (χ1v) is 12.8. The molecule has 9 fully saturated rings. The number of carbonyl (C=O) groups is 1. The van der Waals surface area contributed by atoms with E-state index in [1.807, 2.05) is 6.92 Å². The number of nitrogens with zero attached hydrogens (tertiary/aromatic N) is 2. The van der Waals surface area contributed by atoms with Crippen LogP contribution >= 0.6 is 0 Å². The molecule has 4 saturated heterocycles. The zero-order valence-corrected chi connectivity index (χ0v) is 19.1. The molecule has 6 nitrogen and oxygen atoms in total. The lowest BCUT2D eigenvalue weighted by molar-refractivity contribution is -0.548. The molecule has 6 bridgehead atoms. The van der Waals surface area contributed by atoms with E-state index in [1.54, 1.807) is 5.01 Å². The summed E-state index contributed by atoms with van der Waals surface area (Å²) in [5.41, 5.74) is 0.689. The van der Waals surface area contributed by atoms with Crippen LogP contribution in [-0.4, -0.2) is 34.2 Å². The average molecular weight is 429 g/mol. The first-order chi connectivity index (χ1) is 14.9. The quantitative estimate of drug-likeness (QED) is 0.577. The summed E-state index contributed by atoms with van der Waals surface area (Å²) in [6, 6.07) is 0. The van der Waals surface area contributed by atoms with Crippen LogP contribution in [0.15, 0.2) is 5.10 Å². The van der Waals surface area contributed by atoms with Gasteiger partial charge in [-0.1, -0.05) is 13.8 Å². The number of hydrogen-bond acceptors (Lipinski definition) is 5. The van der Waals surface area contributed by atoms with Crippen LogP contribution in [0, 0.1) is 47.3 Å². The standard InChI is InChI=1S/C25H36N2O4/c1-13-4-5-20-14(2)22(28)27(23-25(20)19(13)6-7-24(3,29-23)30-31-25)26-21-17-9-15-8-16(11-17)12-18(21)10-15/h13-20,23H,4-12H2,1-3H3/t13-,14-,15?,16?,17?,18?,19+,20+,23-,24-,25-/m1/s1. The van der Waals surface area contributed by atoms with E-state index in [9.17, 15) is 4.79 Å². The molecule has 0 radical (unpaired) electrons. The molecule has 0 aromatic rings. The first-order valence-electron chi connectivity index (χ1n) is 12.8. The summed E-state index contributed by atoms with van der Waals surface area (Å²) in [6.07, 6.45) is 9.95. The van der Waals surface area contributed by atoms with Crippen molar-refractivity contribution in [2.24, 2.45) is 52.4 Å². The molecule has 1 amide bonds. The Bertz CT molecular complexity index is 813. The van der Waals surface area contributed by atoms with E-state index in [0.29, 0.717) is 23.7 Å². The highest BCUT2D eigenvalue weighted by molar-refractivity contribution is 5.92. The summed E-state index contributed by atoms with van der Waals surface area (Å²) >= 11 is 0. The monoisotopic (exact) mass is 428 g/mol. The van der Waals surface area contributed by atoms with Gasteiger partial charge in [0.15, 0.2) is 11.8 Å². The van der Waals surface area contributed by atoms with E-state index in [2.05, 4.69) is 13.8 Å². The molecule has 0 aromatic carbocycles. The Morgan fingerprint density at radius 2 is 1.65 bits per heavy atom. The highest BCUT2D eigenvalue weighted by atomic mass is 17.3. The van der Waals surface area contributed by atoms with Crippen molar-refractivity contribution in [2.45, 2.75) is 96.2 Å². The number of amides is 1. The van der Waals surface area contributed by atoms with Crippen LogP contribution in [0.5, 0.6) is 0 Å². The van der Waals surface area contributed by atoms with Crippen LogP contribution in [0.25, 0.3) is 0 Å². The van der Waals surface area contributed by atoms with Crippen LogP contribution in [0.3, 0.4) is 0 Å². The number of hydrogen-bond donors (Lipinski definition) is 0. The van der Waals surface area contributed by atoms with Gasteiger partial charge in [-0.3, -0.25) is 4.79 Å². The fourth-order valence-corrected chi connectivity index (χ4v) is 9.09. The molecule has 31 heavy (non-hydrogen) atoms. The third-order valence-corrected chi connectivity index (χ3v) is 10.4. The smallest absolute Gasteiger partial charge is 0.248 e. The van der Waals surface area contributed by atoms with Gasteiger partial charge in [-0.05, 0) is 93.8 Å². The number of ether oxygens (including phenoxy) is 1. The van der Waals surface area contributed by atoms with E-state index in [4.69, 9.17) is 19.6 Å². The lowest BCUT2D eigenvalue weighted by Gasteiger charge is -2.61. The summed E-state index contributed by atoms with van der Waals surface area (Å²) in [7, 11) is 0. The van der Waals surface area contributed by atoms with Crippen LogP contribution in [0.4, 0.5) is 0 Å². The fourth-order valence-electron chi connectivity index (χ4n) is 9.09. The minimum absolute atomic E-state index is 0.120. The van der Waals surface area contributed by atoms with Crippen molar-refractivity contribution in [2.75, 3.05) is 0 Å². The highest BCUT2D eigenvalue weighted by Crippen LogP contribution is 2.61. The Morgan fingerprint density at radius 1 is 0.935 bits per heavy atom. The summed E-state index contributed by atoms with van der Waals surface area (Å²) in [6.45, 7) is 6.39. The third-order valence-electron chi connectivity index (χ3n) is 10.4. The molecule has 7 atom stereocenters. The molecular formula is C25H36N2O4. The van der Waals surface area contributed by atoms with E-state index in [0.717, 1.165) is 37.5 Å². The molecule has 9 rings (SSSR count). The number of rotatable bonds is 1. The highest BCUT2D eigenvalue weighted by Gasteiger charge is 2.71. The summed E-state index contributed by atoms with van der Waals surface area (Å²) in [5.74, 6) is 3.06. The maximum Gasteiger partial charge on any atom is 0.248 e. The molecule has 170 valence electrons. The molecule has 9 aliphatic rings. The Kier molecular flexibility index (Phi) is 3.98. The van der Waals surface area contributed by atoms with Crippen molar-refractivity contribution in [3.63, 3.8) is 0 Å². The van der Waals surface area contributed by atoms with Gasteiger partial charge in [0.05, 0.1) is 0 Å². The topological polar surface area (TPSA) is 60.4 Å². The predicted molar refractivity (Wildman–Crippen MR) is 113 cm³/mol. The van der Waals surface area contributed by atoms with Crippen LogP contribution in [0.2, 0.25) is 0 Å². The molecule has 0 N–H and O–H groups in total. The molecule has 5 saturated carbocycles. The fraction of sp³-hybridized carbons (Fsp3) is 0.920. The summed E-state index contributed by atoms with van der Waals surface area (Å²) in [5, 5.41) is 6.99. The van der Waals surface area contributed by atoms with Gasteiger partial charge in [-0.15, -0.1) is 0 Å². The molecular weight excluding hydrogens is 392 g/mol. The summed E-state index contributed by atoms with van der Waals surface area (Å²) in [4.78, 5) is 26.1. The van der Waals surface area contributed by atoms with Gasteiger partial charge in [0, 0.05) is 24.0 Å². The summed E-state index contributed by atoms with van der Waals surface area (Å²) < 4.78 is 6.65. The Hall–Kier alpha value is -0.980. The van der Waals surface area contributed by atoms with Gasteiger partial charge in [0.2, 0.25) is 11.7 Å². The van der Waals surface area contributed by atoms with Gasteiger partial charge in [-0.25, -0.2) is 14.8 Å². The van der Waals surface area contributed by atoms with E-state index in [1.165, 1.54) is 37.8 Å². The zero-order valence-electron chi connectivity index (χ0n) is 19.1. The maximum absolute atomic E-state index is 13.8. The Balaban J connectivity index is 1.34. The average Bonchev–Trinajstić information content (AvgIpc) is 2.97. The second kappa shape index (κ2) is 6.32. The van der Waals surface area contributed by atoms with Gasteiger partial charge in [0.1, 0.15) is 0 Å². The third kappa shape index (κ3) is 2.50. The SMILES string of the molecule is C[C@@H]1CC[C@H]2[C@@H](C)C(=O)N(N=C3C4CC5CC(C4)CC3C5)[C@@H]3O[C@@]4(C)CC[C@@H]1[C@@]23OO4. The van der Waals surface area contributed by atoms with E-state index in [-0.39, 0.29) is 17.7 Å². The minimum Gasteiger partial charge on any atom is -0.319 e. The second-order valence-corrected chi connectivity index (χ2v) is 12.2. The van der Waals surface area contributed by atoms with E-state index >= 15 is 0 Å². The normalized spacial score (nSPS) is 57.1. The Morgan fingerprint density at radius 3 is 2.35 bits per heavy atom. The van der Waals surface area contributed by atoms with Crippen molar-refractivity contribution < 1.29 is 19.3 Å². The van der Waals surface area contributed by atoms with Crippen molar-refractivity contribution in [3.8, 4) is 0 Å². The number of fused-ring (bicyclic) bond motifs is 2. The van der Waals surface area contributed by atoms with Crippen molar-refractivity contribution in [3.05, 3.63) is 0 Å². The van der Waals surface area contributed by atoms with Gasteiger partial charge in [-0.2, -0.15) is 5.10 Å². The lowest BCUT2D eigenvalue weighted by Crippen LogP contribution is -2.74. The van der Waals surface area contributed by atoms with Crippen molar-refractivity contribution >= 4 is 11.6 Å². The van der Waals surface area contributed by atoms with Crippen LogP contribution in [0.1, 0.15) is 78.6 Å². The number of hydrazone groups is 1. The second-order valence-electron chi connectivity index (χ2n) is 12.2. The van der Waals surface area contributed by atoms with E-state index < -0.39 is 17.6 Å². The molecule has 1 spiro atoms. The van der Waals surface area contributed by atoms with Gasteiger partial charge in [0.25, 0.3) is 0 Å². The number of carbonyl (C=O) groups excluding carboxylic acids is 1. The lowest BCUT2D eigenvalue weighted by atomic mass is 9.55. The Labute approximate surface area is 185 Å². The van der Waals surface area contributed by atoms with Crippen LogP contribution in [-0.2, 0) is 19.3 Å². The zero-order chi connectivity index (χ0) is 21.1. The molecule has 4 heterocycles. The van der Waals surface area contributed by atoms with Crippen molar-refractivity contribution in [1.29, 1.82) is 0 Å². The molecule has 5 aliphatic carbocycles. The molecule has 0 aromatic heterocycles. The minimum atomic E-state index is -0.805. The van der Waals surface area contributed by atoms with Crippen molar-refractivity contribution in [1.82, 2.24) is 5.01 Å². The first kappa shape index (κ1) is 19.5. The van der Waals surface area contributed by atoms with Crippen LogP contribution < -0.4 is 0 Å². The maximum atomic E-state index is 13.8. The molecule has 0 unspecified atom stereocenters. The van der Waals surface area contributed by atoms with Gasteiger partial charge < -0.3 is 4.74 Å².